The minimum absolute atomic E-state index is 0.0448. The number of hydrogen-bond donors (Lipinski definition) is 3. The van der Waals surface area contributed by atoms with Crippen molar-refractivity contribution in [1.82, 2.24) is 10.3 Å². The molecular formula is C17H23BrN4OS. The van der Waals surface area contributed by atoms with E-state index in [2.05, 4.69) is 31.5 Å². The van der Waals surface area contributed by atoms with E-state index in [1.54, 1.807) is 11.3 Å². The first kappa shape index (κ1) is 18.9. The summed E-state index contributed by atoms with van der Waals surface area (Å²) in [5.74, 6) is 0.984. The number of nitrogens with zero attached hydrogens (tertiary/aromatic N) is 1. The zero-order valence-electron chi connectivity index (χ0n) is 13.7. The predicted molar refractivity (Wildman–Crippen MR) is 104 cm³/mol. The van der Waals surface area contributed by atoms with Crippen molar-refractivity contribution in [2.24, 2.45) is 5.73 Å². The van der Waals surface area contributed by atoms with E-state index in [9.17, 15) is 4.79 Å². The summed E-state index contributed by atoms with van der Waals surface area (Å²) in [5, 5.41) is 6.20. The molecule has 2 heterocycles. The van der Waals surface area contributed by atoms with E-state index in [0.29, 0.717) is 19.5 Å². The number of halogens is 1. The molecule has 7 heteroatoms. The van der Waals surface area contributed by atoms with Gasteiger partial charge in [-0.2, -0.15) is 0 Å². The van der Waals surface area contributed by atoms with Gasteiger partial charge >= 0.3 is 0 Å². The van der Waals surface area contributed by atoms with Crippen LogP contribution in [0.25, 0.3) is 0 Å². The van der Waals surface area contributed by atoms with Crippen LogP contribution in [0.2, 0.25) is 0 Å². The second-order valence-corrected chi connectivity index (χ2v) is 8.12. The Hall–Kier alpha value is -1.44. The first-order chi connectivity index (χ1) is 11.6. The monoisotopic (exact) mass is 410 g/mol. The van der Waals surface area contributed by atoms with E-state index in [4.69, 9.17) is 5.73 Å². The lowest BCUT2D eigenvalue weighted by atomic mass is 10.0. The van der Waals surface area contributed by atoms with Crippen LogP contribution < -0.4 is 16.4 Å². The van der Waals surface area contributed by atoms with Gasteiger partial charge in [0.2, 0.25) is 5.91 Å². The molecule has 0 saturated heterocycles. The lowest BCUT2D eigenvalue weighted by Crippen LogP contribution is -2.28. The maximum atomic E-state index is 12.1. The normalized spacial score (nSPS) is 12.0. The van der Waals surface area contributed by atoms with Gasteiger partial charge in [0, 0.05) is 43.0 Å². The number of thiophene rings is 1. The lowest BCUT2D eigenvalue weighted by molar-refractivity contribution is -0.121. The van der Waals surface area contributed by atoms with Crippen LogP contribution in [-0.2, 0) is 4.79 Å². The van der Waals surface area contributed by atoms with Crippen molar-refractivity contribution in [2.75, 3.05) is 25.0 Å². The third kappa shape index (κ3) is 6.22. The highest BCUT2D eigenvalue weighted by Crippen LogP contribution is 2.29. The second kappa shape index (κ2) is 9.76. The molecule has 2 aromatic heterocycles. The molecule has 1 unspecified atom stereocenters. The number of pyridine rings is 1. The maximum Gasteiger partial charge on any atom is 0.220 e. The minimum atomic E-state index is 0.0448. The minimum Gasteiger partial charge on any atom is -0.370 e. The van der Waals surface area contributed by atoms with Crippen molar-refractivity contribution in [3.8, 4) is 0 Å². The number of aromatic nitrogens is 1. The van der Waals surface area contributed by atoms with Gasteiger partial charge in [0.15, 0.2) is 0 Å². The SMILES string of the molecule is Cc1ccc(NCCCNC(=O)CC(CN)c2ccc(Br)s2)nc1. The first-order valence-electron chi connectivity index (χ1n) is 7.97. The molecule has 130 valence electrons. The topological polar surface area (TPSA) is 80.0 Å². The van der Waals surface area contributed by atoms with Crippen LogP contribution in [-0.4, -0.2) is 30.5 Å². The number of amides is 1. The van der Waals surface area contributed by atoms with Gasteiger partial charge in [-0.1, -0.05) is 6.07 Å². The van der Waals surface area contributed by atoms with Crippen molar-refractivity contribution < 1.29 is 4.79 Å². The van der Waals surface area contributed by atoms with Crippen molar-refractivity contribution >= 4 is 39.0 Å². The average molecular weight is 411 g/mol. The summed E-state index contributed by atoms with van der Waals surface area (Å²) >= 11 is 5.08. The molecule has 0 aromatic carbocycles. The fraction of sp³-hybridized carbons (Fsp3) is 0.412. The van der Waals surface area contributed by atoms with E-state index in [1.807, 2.05) is 37.4 Å². The number of anilines is 1. The second-order valence-electron chi connectivity index (χ2n) is 5.63. The molecule has 2 rings (SSSR count). The van der Waals surface area contributed by atoms with E-state index < -0.39 is 0 Å². The number of nitrogens with one attached hydrogen (secondary N) is 2. The molecule has 1 atom stereocenters. The molecule has 24 heavy (non-hydrogen) atoms. The smallest absolute Gasteiger partial charge is 0.220 e. The van der Waals surface area contributed by atoms with E-state index in [0.717, 1.165) is 33.0 Å². The van der Waals surface area contributed by atoms with Crippen LogP contribution in [0.15, 0.2) is 34.2 Å². The van der Waals surface area contributed by atoms with Gasteiger partial charge in [0.25, 0.3) is 0 Å². The first-order valence-corrected chi connectivity index (χ1v) is 9.58. The largest absolute Gasteiger partial charge is 0.370 e. The molecule has 0 fully saturated rings. The fourth-order valence-electron chi connectivity index (χ4n) is 2.25. The Labute approximate surface area is 155 Å². The fourth-order valence-corrected chi connectivity index (χ4v) is 3.79. The standard InChI is InChI=1S/C17H23BrN4OS/c1-12-3-6-16(22-11-12)20-7-2-8-21-17(23)9-13(10-19)14-4-5-15(18)24-14/h3-6,11,13H,2,7-10,19H2,1H3,(H,20,22)(H,21,23). The summed E-state index contributed by atoms with van der Waals surface area (Å²) < 4.78 is 1.06. The van der Waals surface area contributed by atoms with Crippen molar-refractivity contribution in [3.05, 3.63) is 44.7 Å². The number of rotatable bonds is 9. The molecule has 0 spiro atoms. The zero-order valence-corrected chi connectivity index (χ0v) is 16.1. The van der Waals surface area contributed by atoms with Crippen molar-refractivity contribution in [2.45, 2.75) is 25.7 Å². The van der Waals surface area contributed by atoms with Gasteiger partial charge < -0.3 is 16.4 Å². The van der Waals surface area contributed by atoms with Gasteiger partial charge in [0.05, 0.1) is 3.79 Å². The third-order valence-electron chi connectivity index (χ3n) is 3.61. The Kier molecular flexibility index (Phi) is 7.68. The zero-order chi connectivity index (χ0) is 17.4. The Morgan fingerprint density at radius 2 is 2.17 bits per heavy atom. The molecule has 2 aromatic rings. The van der Waals surface area contributed by atoms with Gasteiger partial charge in [-0.25, -0.2) is 4.98 Å². The Morgan fingerprint density at radius 1 is 1.33 bits per heavy atom. The molecule has 0 radical (unpaired) electrons. The summed E-state index contributed by atoms with van der Waals surface area (Å²) in [6.45, 7) is 3.90. The molecule has 0 aliphatic heterocycles. The number of carbonyl (C=O) groups is 1. The maximum absolute atomic E-state index is 12.1. The van der Waals surface area contributed by atoms with E-state index in [1.165, 1.54) is 0 Å². The highest BCUT2D eigenvalue weighted by atomic mass is 79.9. The van der Waals surface area contributed by atoms with Gasteiger partial charge in [-0.3, -0.25) is 4.79 Å². The van der Waals surface area contributed by atoms with Crippen molar-refractivity contribution in [1.29, 1.82) is 0 Å². The molecule has 0 saturated carbocycles. The van der Waals surface area contributed by atoms with Crippen LogP contribution in [0.1, 0.15) is 29.2 Å². The molecule has 4 N–H and O–H groups in total. The van der Waals surface area contributed by atoms with Crippen LogP contribution in [0.5, 0.6) is 0 Å². The summed E-state index contributed by atoms with van der Waals surface area (Å²) in [6.07, 6.45) is 3.11. The van der Waals surface area contributed by atoms with Crippen LogP contribution >= 0.6 is 27.3 Å². The number of aryl methyl sites for hydroxylation is 1. The molecule has 0 bridgehead atoms. The summed E-state index contributed by atoms with van der Waals surface area (Å²) in [4.78, 5) is 17.5. The van der Waals surface area contributed by atoms with E-state index in [-0.39, 0.29) is 11.8 Å². The summed E-state index contributed by atoms with van der Waals surface area (Å²) in [7, 11) is 0. The molecule has 0 aliphatic rings. The Balaban J connectivity index is 1.64. The quantitative estimate of drug-likeness (QED) is 0.554. The van der Waals surface area contributed by atoms with Crippen molar-refractivity contribution in [3.63, 3.8) is 0 Å². The number of carbonyl (C=O) groups excluding carboxylic acids is 1. The van der Waals surface area contributed by atoms with Gasteiger partial charge in [-0.05, 0) is 53.0 Å². The van der Waals surface area contributed by atoms with Crippen LogP contribution in [0.3, 0.4) is 0 Å². The van der Waals surface area contributed by atoms with E-state index >= 15 is 0 Å². The molecule has 5 nitrogen and oxygen atoms in total. The molecule has 1 amide bonds. The number of hydrogen-bond acceptors (Lipinski definition) is 5. The Bertz CT molecular complexity index is 644. The van der Waals surface area contributed by atoms with Gasteiger partial charge in [0.1, 0.15) is 5.82 Å². The predicted octanol–water partition coefficient (Wildman–Crippen LogP) is 3.26. The average Bonchev–Trinajstić information content (AvgIpc) is 3.00. The Morgan fingerprint density at radius 3 is 2.79 bits per heavy atom. The van der Waals surface area contributed by atoms with Crippen LogP contribution in [0, 0.1) is 6.92 Å². The lowest BCUT2D eigenvalue weighted by Gasteiger charge is -2.13. The summed E-state index contributed by atoms with van der Waals surface area (Å²) in [5.41, 5.74) is 6.95. The molecule has 0 aliphatic carbocycles. The highest BCUT2D eigenvalue weighted by molar-refractivity contribution is 9.11. The van der Waals surface area contributed by atoms with Crippen LogP contribution in [0.4, 0.5) is 5.82 Å². The third-order valence-corrected chi connectivity index (χ3v) is 5.39. The number of nitrogens with two attached hydrogens (primary N) is 1. The highest BCUT2D eigenvalue weighted by Gasteiger charge is 2.16. The van der Waals surface area contributed by atoms with Gasteiger partial charge in [-0.15, -0.1) is 11.3 Å². The molecular weight excluding hydrogens is 388 g/mol. The summed E-state index contributed by atoms with van der Waals surface area (Å²) in [6, 6.07) is 8.00.